The number of amides is 1. The quantitative estimate of drug-likeness (QED) is 0.219. The summed E-state index contributed by atoms with van der Waals surface area (Å²) in [4.78, 5) is 42.3. The van der Waals surface area contributed by atoms with Crippen molar-refractivity contribution in [1.29, 1.82) is 0 Å². The monoisotopic (exact) mass is 682 g/mol. The molecular formula is C35H62N4O9. The van der Waals surface area contributed by atoms with Crippen molar-refractivity contribution in [3.8, 4) is 0 Å². The number of hydrogen-bond donors (Lipinski definition) is 4. The number of fused-ring (bicyclic) bond motifs is 1. The average Bonchev–Trinajstić information content (AvgIpc) is 3.66. The molecule has 4 aliphatic rings. The molecule has 3 heterocycles. The molecule has 48 heavy (non-hydrogen) atoms. The van der Waals surface area contributed by atoms with Gasteiger partial charge in [-0.2, -0.15) is 0 Å². The molecule has 4 rings (SSSR count). The first-order valence-corrected chi connectivity index (χ1v) is 17.9. The van der Waals surface area contributed by atoms with E-state index in [1.807, 2.05) is 39.8 Å². The Morgan fingerprint density at radius 3 is 2.33 bits per heavy atom. The van der Waals surface area contributed by atoms with E-state index in [-0.39, 0.29) is 29.9 Å². The normalized spacial score (nSPS) is 46.2. The summed E-state index contributed by atoms with van der Waals surface area (Å²) in [5, 5.41) is 21.6. The summed E-state index contributed by atoms with van der Waals surface area (Å²) in [5.41, 5.74) is -2.17. The number of nitrogens with one attached hydrogen (secondary N) is 3. The van der Waals surface area contributed by atoms with Gasteiger partial charge in [0, 0.05) is 37.7 Å². The first-order chi connectivity index (χ1) is 22.4. The maximum Gasteiger partial charge on any atom is 0.408 e. The van der Waals surface area contributed by atoms with E-state index in [4.69, 9.17) is 23.7 Å². The predicted octanol–water partition coefficient (Wildman–Crippen LogP) is 2.23. The topological polar surface area (TPSA) is 157 Å². The number of likely N-dealkylation sites (N-methyl/N-ethyl adjacent to an activating group) is 1. The molecule has 0 aromatic rings. The number of ketones is 1. The molecule has 276 valence electrons. The lowest BCUT2D eigenvalue weighted by molar-refractivity contribution is -0.297. The van der Waals surface area contributed by atoms with E-state index in [0.29, 0.717) is 44.3 Å². The van der Waals surface area contributed by atoms with Gasteiger partial charge >= 0.3 is 12.1 Å². The highest BCUT2D eigenvalue weighted by atomic mass is 16.7. The van der Waals surface area contributed by atoms with Crippen LogP contribution in [0.5, 0.6) is 0 Å². The van der Waals surface area contributed by atoms with E-state index in [9.17, 15) is 19.5 Å². The number of esters is 1. The second-order valence-corrected chi connectivity index (χ2v) is 15.6. The number of carbonyl (C=O) groups is 3. The van der Waals surface area contributed by atoms with E-state index in [1.165, 1.54) is 6.92 Å². The van der Waals surface area contributed by atoms with Gasteiger partial charge in [0.25, 0.3) is 0 Å². The van der Waals surface area contributed by atoms with Gasteiger partial charge in [-0.3, -0.25) is 9.59 Å². The molecule has 1 aliphatic carbocycles. The third kappa shape index (κ3) is 8.35. The number of methoxy groups -OCH3 is 1. The third-order valence-corrected chi connectivity index (χ3v) is 11.4. The minimum Gasteiger partial charge on any atom is -0.458 e. The summed E-state index contributed by atoms with van der Waals surface area (Å²) in [6, 6.07) is -0.497. The zero-order valence-electron chi connectivity index (χ0n) is 30.9. The van der Waals surface area contributed by atoms with Crippen molar-refractivity contribution in [2.24, 2.45) is 23.7 Å². The standard InChI is InChI=1S/C35H62N4O9/c1-12-26-35(8)29(38-33(43)48-35)22(6)36-16-18(2)15-34(7,44-11)30(20(4)27(40)21(5)31(42)46-26)47-32-28(41)25(39(9)10)14-23(45-32)17-37-24-13-19(24)3/h18-26,28-30,32,36-37,41H,12-17H2,1-11H3,(H,38,43)/t18-,19-,20+,21?,22-,23?,24-,25?,26-,28?,29-,30-,32?,34-,35-/m1/s1. The first-order valence-electron chi connectivity index (χ1n) is 17.9. The largest absolute Gasteiger partial charge is 0.458 e. The number of carbonyl (C=O) groups excluding carboxylic acids is 3. The molecule has 0 spiro atoms. The molecule has 15 atom stereocenters. The molecule has 5 unspecified atom stereocenters. The van der Waals surface area contributed by atoms with Crippen LogP contribution in [0.15, 0.2) is 0 Å². The summed E-state index contributed by atoms with van der Waals surface area (Å²) in [6.07, 6.45) is -1.87. The Morgan fingerprint density at radius 1 is 1.08 bits per heavy atom. The zero-order valence-corrected chi connectivity index (χ0v) is 30.9. The Labute approximate surface area is 286 Å². The lowest BCUT2D eigenvalue weighted by Crippen LogP contribution is -2.60. The molecule has 0 aromatic heterocycles. The van der Waals surface area contributed by atoms with Crippen LogP contribution in [-0.2, 0) is 33.3 Å². The third-order valence-electron chi connectivity index (χ3n) is 11.4. The van der Waals surface area contributed by atoms with Crippen LogP contribution in [-0.4, -0.2) is 128 Å². The number of rotatable bonds is 8. The fraction of sp³-hybridized carbons (Fsp3) is 0.914. The molecular weight excluding hydrogens is 620 g/mol. The number of aliphatic hydroxyl groups is 1. The molecule has 1 amide bonds. The molecule has 4 N–H and O–H groups in total. The van der Waals surface area contributed by atoms with Crippen LogP contribution in [0.25, 0.3) is 0 Å². The van der Waals surface area contributed by atoms with Gasteiger partial charge in [0.15, 0.2) is 17.7 Å². The Hall–Kier alpha value is -1.87. The van der Waals surface area contributed by atoms with E-state index >= 15 is 0 Å². The van der Waals surface area contributed by atoms with Gasteiger partial charge in [0.05, 0.1) is 23.9 Å². The summed E-state index contributed by atoms with van der Waals surface area (Å²) in [5.74, 6) is -2.40. The molecule has 3 saturated heterocycles. The van der Waals surface area contributed by atoms with Gasteiger partial charge in [-0.1, -0.05) is 27.7 Å². The van der Waals surface area contributed by atoms with Gasteiger partial charge in [-0.15, -0.1) is 0 Å². The number of Topliss-reactive ketones (excluding diaryl/α,β-unsaturated/α-hetero) is 1. The average molecular weight is 683 g/mol. The molecule has 4 fully saturated rings. The highest BCUT2D eigenvalue weighted by molar-refractivity contribution is 6.00. The number of hydrogen-bond acceptors (Lipinski definition) is 12. The Balaban J connectivity index is 1.66. The molecule has 13 heteroatoms. The molecule has 3 aliphatic heterocycles. The van der Waals surface area contributed by atoms with Crippen molar-refractivity contribution < 1.29 is 43.2 Å². The molecule has 0 bridgehead atoms. The Bertz CT molecular complexity index is 1140. The summed E-state index contributed by atoms with van der Waals surface area (Å²) in [6.45, 7) is 16.2. The molecule has 0 radical (unpaired) electrons. The van der Waals surface area contributed by atoms with Crippen LogP contribution >= 0.6 is 0 Å². The van der Waals surface area contributed by atoms with Gasteiger partial charge in [-0.05, 0) is 85.9 Å². The van der Waals surface area contributed by atoms with Crippen LogP contribution < -0.4 is 16.0 Å². The van der Waals surface area contributed by atoms with Crippen LogP contribution in [0.4, 0.5) is 4.79 Å². The van der Waals surface area contributed by atoms with E-state index < -0.39 is 65.7 Å². The predicted molar refractivity (Wildman–Crippen MR) is 179 cm³/mol. The number of alkyl carbamates (subject to hydrolysis) is 1. The number of aliphatic hydroxyl groups excluding tert-OH is 1. The van der Waals surface area contributed by atoms with Crippen molar-refractivity contribution in [2.75, 3.05) is 34.3 Å². The fourth-order valence-corrected chi connectivity index (χ4v) is 8.04. The smallest absolute Gasteiger partial charge is 0.408 e. The van der Waals surface area contributed by atoms with Crippen LogP contribution in [0.1, 0.15) is 81.1 Å². The van der Waals surface area contributed by atoms with Crippen LogP contribution in [0.2, 0.25) is 0 Å². The Morgan fingerprint density at radius 2 is 1.75 bits per heavy atom. The number of ether oxygens (including phenoxy) is 5. The van der Waals surface area contributed by atoms with Crippen molar-refractivity contribution in [2.45, 2.75) is 147 Å². The maximum atomic E-state index is 14.2. The van der Waals surface area contributed by atoms with E-state index in [2.05, 4.69) is 29.8 Å². The minimum absolute atomic E-state index is 0.0293. The van der Waals surface area contributed by atoms with Crippen molar-refractivity contribution in [3.63, 3.8) is 0 Å². The first kappa shape index (κ1) is 38.9. The van der Waals surface area contributed by atoms with Crippen molar-refractivity contribution in [3.05, 3.63) is 0 Å². The van der Waals surface area contributed by atoms with Crippen LogP contribution in [0.3, 0.4) is 0 Å². The van der Waals surface area contributed by atoms with Crippen molar-refractivity contribution >= 4 is 17.8 Å². The Kier molecular flexibility index (Phi) is 12.6. The lowest BCUT2D eigenvalue weighted by Gasteiger charge is -2.47. The second-order valence-electron chi connectivity index (χ2n) is 15.6. The molecule has 13 nitrogen and oxygen atoms in total. The van der Waals surface area contributed by atoms with Gasteiger partial charge in [0.2, 0.25) is 0 Å². The maximum absolute atomic E-state index is 14.2. The van der Waals surface area contributed by atoms with Gasteiger partial charge in [0.1, 0.15) is 18.1 Å². The summed E-state index contributed by atoms with van der Waals surface area (Å²) >= 11 is 0. The zero-order chi connectivity index (χ0) is 35.7. The summed E-state index contributed by atoms with van der Waals surface area (Å²) in [7, 11) is 5.45. The number of cyclic esters (lactones) is 1. The summed E-state index contributed by atoms with van der Waals surface area (Å²) < 4.78 is 31.1. The molecule has 1 saturated carbocycles. The van der Waals surface area contributed by atoms with Gasteiger partial charge < -0.3 is 49.6 Å². The van der Waals surface area contributed by atoms with Gasteiger partial charge in [-0.25, -0.2) is 4.79 Å². The molecule has 0 aromatic carbocycles. The fourth-order valence-electron chi connectivity index (χ4n) is 8.04. The highest BCUT2D eigenvalue weighted by Crippen LogP contribution is 2.38. The second kappa shape index (κ2) is 15.6. The SMILES string of the molecule is CC[C@H]1OC(=O)C(C)C(=O)[C@H](C)[C@@H](OC2OC(CN[C@@H]3C[C@H]3C)CC(N(C)C)C2O)[C@](C)(OC)C[C@@H](C)CN[C@H](C)[C@H]2NC(=O)O[C@@]21C. The number of nitrogens with zero attached hydrogens (tertiary/aromatic N) is 1. The van der Waals surface area contributed by atoms with E-state index in [0.717, 1.165) is 6.42 Å². The highest BCUT2D eigenvalue weighted by Gasteiger charge is 2.55. The van der Waals surface area contributed by atoms with Crippen molar-refractivity contribution in [1.82, 2.24) is 20.9 Å². The van der Waals surface area contributed by atoms with E-state index in [1.54, 1.807) is 21.0 Å². The van der Waals surface area contributed by atoms with Crippen LogP contribution in [0, 0.1) is 23.7 Å². The minimum atomic E-state index is -1.15. The lowest BCUT2D eigenvalue weighted by atomic mass is 9.78.